The second-order valence-electron chi connectivity index (χ2n) is 6.81. The van der Waals surface area contributed by atoms with Gasteiger partial charge in [-0.3, -0.25) is 0 Å². The predicted molar refractivity (Wildman–Crippen MR) is 102 cm³/mol. The monoisotopic (exact) mass is 380 g/mol. The van der Waals surface area contributed by atoms with Crippen LogP contribution in [0.25, 0.3) is 11.4 Å². The zero-order valence-electron chi connectivity index (χ0n) is 15.3. The Kier molecular flexibility index (Phi) is 5.32. The van der Waals surface area contributed by atoms with Crippen LogP contribution in [-0.2, 0) is 6.54 Å². The minimum Gasteiger partial charge on any atom is -0.337 e. The number of nitrogens with one attached hydrogen (secondary N) is 1. The van der Waals surface area contributed by atoms with Crippen LogP contribution < -0.4 is 5.32 Å². The van der Waals surface area contributed by atoms with Crippen LogP contribution in [0.4, 0.5) is 9.18 Å². The zero-order valence-corrected chi connectivity index (χ0v) is 15.3. The molecule has 1 N–H and O–H groups in total. The lowest BCUT2D eigenvalue weighted by Gasteiger charge is -2.33. The SMILES string of the molecule is O=C(NCc1ccc(F)cc1)N1CCCC[C@@H]1c1nc(-c2ccccc2)no1. The van der Waals surface area contributed by atoms with Gasteiger partial charge in [0, 0.05) is 18.7 Å². The van der Waals surface area contributed by atoms with E-state index >= 15 is 0 Å². The van der Waals surface area contributed by atoms with E-state index in [4.69, 9.17) is 4.52 Å². The summed E-state index contributed by atoms with van der Waals surface area (Å²) in [5.74, 6) is 0.681. The number of likely N-dealkylation sites (tertiary alicyclic amines) is 1. The number of hydrogen-bond donors (Lipinski definition) is 1. The van der Waals surface area contributed by atoms with Crippen LogP contribution in [0.15, 0.2) is 59.1 Å². The van der Waals surface area contributed by atoms with Crippen molar-refractivity contribution in [1.29, 1.82) is 0 Å². The third-order valence-electron chi connectivity index (χ3n) is 4.88. The lowest BCUT2D eigenvalue weighted by molar-refractivity contribution is 0.131. The molecule has 0 bridgehead atoms. The van der Waals surface area contributed by atoms with E-state index < -0.39 is 0 Å². The van der Waals surface area contributed by atoms with Crippen molar-refractivity contribution in [3.8, 4) is 11.4 Å². The fourth-order valence-corrected chi connectivity index (χ4v) is 3.39. The highest BCUT2D eigenvalue weighted by atomic mass is 19.1. The zero-order chi connectivity index (χ0) is 19.3. The maximum absolute atomic E-state index is 13.0. The number of rotatable bonds is 4. The van der Waals surface area contributed by atoms with Gasteiger partial charge < -0.3 is 14.7 Å². The molecule has 1 aliphatic heterocycles. The largest absolute Gasteiger partial charge is 0.337 e. The molecule has 0 radical (unpaired) electrons. The van der Waals surface area contributed by atoms with Gasteiger partial charge in [-0.1, -0.05) is 47.6 Å². The first-order chi connectivity index (χ1) is 13.7. The van der Waals surface area contributed by atoms with Crippen LogP contribution in [-0.4, -0.2) is 27.6 Å². The van der Waals surface area contributed by atoms with E-state index in [-0.39, 0.29) is 17.9 Å². The van der Waals surface area contributed by atoms with Gasteiger partial charge in [-0.15, -0.1) is 0 Å². The van der Waals surface area contributed by atoms with Gasteiger partial charge >= 0.3 is 6.03 Å². The van der Waals surface area contributed by atoms with Gasteiger partial charge in [-0.25, -0.2) is 9.18 Å². The average Bonchev–Trinajstić information content (AvgIpc) is 3.24. The number of nitrogens with zero attached hydrogens (tertiary/aromatic N) is 3. The maximum atomic E-state index is 13.0. The first-order valence-electron chi connectivity index (χ1n) is 9.38. The van der Waals surface area contributed by atoms with Crippen LogP contribution in [0.1, 0.15) is 36.8 Å². The fourth-order valence-electron chi connectivity index (χ4n) is 3.39. The van der Waals surface area contributed by atoms with E-state index in [1.807, 2.05) is 30.3 Å². The van der Waals surface area contributed by atoms with E-state index in [1.165, 1.54) is 12.1 Å². The van der Waals surface area contributed by atoms with Crippen LogP contribution in [0.2, 0.25) is 0 Å². The summed E-state index contributed by atoms with van der Waals surface area (Å²) in [7, 11) is 0. The highest BCUT2D eigenvalue weighted by Crippen LogP contribution is 2.31. The number of piperidine rings is 1. The Balaban J connectivity index is 1.46. The topological polar surface area (TPSA) is 71.3 Å². The number of aromatic nitrogens is 2. The summed E-state index contributed by atoms with van der Waals surface area (Å²) in [6, 6.07) is 15.3. The standard InChI is InChI=1S/C21H21FN4O2/c22-17-11-9-15(10-12-17)14-23-21(27)26-13-5-4-8-18(26)20-24-19(25-28-20)16-6-2-1-3-7-16/h1-3,6-7,9-12,18H,4-5,8,13-14H2,(H,23,27)/t18-/m1/s1. The van der Waals surface area contributed by atoms with Gasteiger partial charge in [-0.05, 0) is 37.0 Å². The van der Waals surface area contributed by atoms with Crippen molar-refractivity contribution in [1.82, 2.24) is 20.4 Å². The third kappa shape index (κ3) is 4.03. The molecule has 2 amide bonds. The Bertz CT molecular complexity index is 927. The molecule has 4 rings (SSSR count). The van der Waals surface area contributed by atoms with Crippen molar-refractivity contribution >= 4 is 6.03 Å². The van der Waals surface area contributed by atoms with Crippen LogP contribution in [0.3, 0.4) is 0 Å². The number of halogens is 1. The lowest BCUT2D eigenvalue weighted by Crippen LogP contribution is -2.44. The summed E-state index contributed by atoms with van der Waals surface area (Å²) >= 11 is 0. The Labute approximate surface area is 162 Å². The minimum atomic E-state index is -0.295. The molecule has 0 aliphatic carbocycles. The van der Waals surface area contributed by atoms with Crippen LogP contribution in [0.5, 0.6) is 0 Å². The highest BCUT2D eigenvalue weighted by Gasteiger charge is 2.32. The third-order valence-corrected chi connectivity index (χ3v) is 4.88. The molecule has 1 atom stereocenters. The smallest absolute Gasteiger partial charge is 0.318 e. The van der Waals surface area contributed by atoms with Crippen molar-refractivity contribution in [2.45, 2.75) is 31.8 Å². The van der Waals surface area contributed by atoms with Gasteiger partial charge in [0.15, 0.2) is 0 Å². The number of hydrogen-bond acceptors (Lipinski definition) is 4. The molecule has 6 nitrogen and oxygen atoms in total. The van der Waals surface area contributed by atoms with Crippen LogP contribution >= 0.6 is 0 Å². The number of benzene rings is 2. The number of carbonyl (C=O) groups excluding carboxylic acids is 1. The molecule has 0 saturated carbocycles. The molecule has 0 unspecified atom stereocenters. The average molecular weight is 380 g/mol. The Hall–Kier alpha value is -3.22. The second kappa shape index (κ2) is 8.21. The normalized spacial score (nSPS) is 16.8. The van der Waals surface area contributed by atoms with E-state index in [0.717, 1.165) is 30.4 Å². The van der Waals surface area contributed by atoms with Crippen molar-refractivity contribution in [3.05, 3.63) is 71.9 Å². The first-order valence-corrected chi connectivity index (χ1v) is 9.38. The molecule has 2 aromatic carbocycles. The quantitative estimate of drug-likeness (QED) is 0.732. The molecule has 0 spiro atoms. The molecule has 1 aromatic heterocycles. The molecule has 3 aromatic rings. The number of amides is 2. The van der Waals surface area contributed by atoms with Crippen molar-refractivity contribution < 1.29 is 13.7 Å². The summed E-state index contributed by atoms with van der Waals surface area (Å²) in [5, 5.41) is 6.98. The lowest BCUT2D eigenvalue weighted by atomic mass is 10.0. The summed E-state index contributed by atoms with van der Waals surface area (Å²) in [5.41, 5.74) is 1.72. The molecule has 1 fully saturated rings. The number of urea groups is 1. The van der Waals surface area contributed by atoms with E-state index in [1.54, 1.807) is 17.0 Å². The van der Waals surface area contributed by atoms with Gasteiger partial charge in [0.2, 0.25) is 11.7 Å². The molecule has 2 heterocycles. The minimum absolute atomic E-state index is 0.187. The van der Waals surface area contributed by atoms with Crippen LogP contribution in [0, 0.1) is 5.82 Å². The summed E-state index contributed by atoms with van der Waals surface area (Å²) in [6.07, 6.45) is 2.70. The Morgan fingerprint density at radius 1 is 1.14 bits per heavy atom. The fraction of sp³-hybridized carbons (Fsp3) is 0.286. The van der Waals surface area contributed by atoms with Gasteiger partial charge in [-0.2, -0.15) is 4.98 Å². The second-order valence-corrected chi connectivity index (χ2v) is 6.81. The molecule has 1 saturated heterocycles. The molecule has 7 heteroatoms. The van der Waals surface area contributed by atoms with Crippen molar-refractivity contribution in [2.75, 3.05) is 6.54 Å². The summed E-state index contributed by atoms with van der Waals surface area (Å²) < 4.78 is 18.5. The molecule has 144 valence electrons. The van der Waals surface area contributed by atoms with Crippen molar-refractivity contribution in [3.63, 3.8) is 0 Å². The number of carbonyl (C=O) groups is 1. The molecular formula is C21H21FN4O2. The maximum Gasteiger partial charge on any atom is 0.318 e. The Morgan fingerprint density at radius 2 is 1.93 bits per heavy atom. The summed E-state index contributed by atoms with van der Waals surface area (Å²) in [4.78, 5) is 19.0. The van der Waals surface area contributed by atoms with Gasteiger partial charge in [0.1, 0.15) is 11.9 Å². The predicted octanol–water partition coefficient (Wildman–Crippen LogP) is 4.31. The van der Waals surface area contributed by atoms with Gasteiger partial charge in [0.25, 0.3) is 0 Å². The molecule has 28 heavy (non-hydrogen) atoms. The van der Waals surface area contributed by atoms with E-state index in [2.05, 4.69) is 15.5 Å². The first kappa shape index (κ1) is 18.2. The molecule has 1 aliphatic rings. The van der Waals surface area contributed by atoms with Crippen molar-refractivity contribution in [2.24, 2.45) is 0 Å². The Morgan fingerprint density at radius 3 is 2.71 bits per heavy atom. The highest BCUT2D eigenvalue weighted by molar-refractivity contribution is 5.74. The summed E-state index contributed by atoms with van der Waals surface area (Å²) in [6.45, 7) is 0.963. The van der Waals surface area contributed by atoms with Gasteiger partial charge in [0.05, 0.1) is 0 Å². The van der Waals surface area contributed by atoms with E-state index in [0.29, 0.717) is 24.8 Å². The van der Waals surface area contributed by atoms with E-state index in [9.17, 15) is 9.18 Å². The molecular weight excluding hydrogens is 359 g/mol.